The third-order valence-corrected chi connectivity index (χ3v) is 6.47. The Bertz CT molecular complexity index is 857. The van der Waals surface area contributed by atoms with Crippen LogP contribution in [0.2, 0.25) is 5.28 Å². The van der Waals surface area contributed by atoms with Crippen molar-refractivity contribution >= 4 is 22.8 Å². The summed E-state index contributed by atoms with van der Waals surface area (Å²) >= 11 is 5.98. The summed E-state index contributed by atoms with van der Waals surface area (Å²) in [6, 6.07) is 0.119. The Labute approximate surface area is 138 Å². The van der Waals surface area contributed by atoms with Crippen molar-refractivity contribution in [3.63, 3.8) is 0 Å². The molecule has 0 amide bonds. The van der Waals surface area contributed by atoms with Gasteiger partial charge in [0, 0.05) is 13.1 Å². The van der Waals surface area contributed by atoms with Crippen molar-refractivity contribution in [3.05, 3.63) is 22.0 Å². The van der Waals surface area contributed by atoms with Crippen molar-refractivity contribution in [3.8, 4) is 0 Å². The number of aryl methyl sites for hydroxylation is 1. The molecule has 7 heteroatoms. The maximum absolute atomic E-state index is 12.9. The number of halogens is 1. The third-order valence-electron chi connectivity index (χ3n) is 6.29. The first-order valence-corrected chi connectivity index (χ1v) is 8.65. The van der Waals surface area contributed by atoms with Crippen molar-refractivity contribution < 1.29 is 5.11 Å². The lowest BCUT2D eigenvalue weighted by Crippen LogP contribution is -2.56. The molecule has 0 aromatic carbocycles. The third kappa shape index (κ3) is 1.82. The summed E-state index contributed by atoms with van der Waals surface area (Å²) in [5, 5.41) is 10.9. The molecule has 4 aliphatic rings. The second-order valence-electron chi connectivity index (χ2n) is 7.74. The summed E-state index contributed by atoms with van der Waals surface area (Å²) in [5.74, 6) is 1.31. The SMILES string of the molecule is Cn1c(=O)n(C2C3CC4CC2CC(O)(C4)C3)c2nc(Cl)ncc21. The van der Waals surface area contributed by atoms with Crippen LogP contribution in [-0.2, 0) is 7.05 Å². The molecule has 1 N–H and O–H groups in total. The van der Waals surface area contributed by atoms with Crippen LogP contribution in [0.25, 0.3) is 11.2 Å². The number of hydrogen-bond acceptors (Lipinski definition) is 4. The molecular formula is C16H19ClN4O2. The number of rotatable bonds is 1. The molecular weight excluding hydrogens is 316 g/mol. The van der Waals surface area contributed by atoms with Crippen molar-refractivity contribution in [1.82, 2.24) is 19.1 Å². The summed E-state index contributed by atoms with van der Waals surface area (Å²) < 4.78 is 3.44. The minimum Gasteiger partial charge on any atom is -0.390 e. The average molecular weight is 335 g/mol. The van der Waals surface area contributed by atoms with Gasteiger partial charge in [0.15, 0.2) is 5.65 Å². The summed E-state index contributed by atoms with van der Waals surface area (Å²) in [5.41, 5.74) is 0.781. The van der Waals surface area contributed by atoms with Gasteiger partial charge < -0.3 is 5.11 Å². The van der Waals surface area contributed by atoms with Gasteiger partial charge in [-0.1, -0.05) is 0 Å². The number of imidazole rings is 1. The second-order valence-corrected chi connectivity index (χ2v) is 8.08. The van der Waals surface area contributed by atoms with E-state index in [1.54, 1.807) is 17.8 Å². The molecule has 4 aliphatic carbocycles. The van der Waals surface area contributed by atoms with E-state index in [9.17, 15) is 9.90 Å². The van der Waals surface area contributed by atoms with Gasteiger partial charge in [0.05, 0.1) is 11.8 Å². The van der Waals surface area contributed by atoms with Crippen LogP contribution in [-0.4, -0.2) is 29.8 Å². The second kappa shape index (κ2) is 4.36. The zero-order valence-corrected chi connectivity index (χ0v) is 13.7. The Hall–Kier alpha value is -1.40. The number of fused-ring (bicyclic) bond motifs is 1. The molecule has 4 saturated carbocycles. The number of hydrogen-bond donors (Lipinski definition) is 1. The zero-order chi connectivity index (χ0) is 15.9. The Morgan fingerprint density at radius 2 is 2.00 bits per heavy atom. The molecule has 0 saturated heterocycles. The van der Waals surface area contributed by atoms with E-state index in [2.05, 4.69) is 9.97 Å². The highest BCUT2D eigenvalue weighted by atomic mass is 35.5. The molecule has 23 heavy (non-hydrogen) atoms. The first-order chi connectivity index (χ1) is 11.0. The van der Waals surface area contributed by atoms with E-state index in [0.29, 0.717) is 28.9 Å². The summed E-state index contributed by atoms with van der Waals surface area (Å²) in [6.45, 7) is 0. The van der Waals surface area contributed by atoms with Crippen LogP contribution in [0.4, 0.5) is 0 Å². The lowest BCUT2D eigenvalue weighted by molar-refractivity contribution is -0.146. The highest BCUT2D eigenvalue weighted by Gasteiger charge is 2.55. The van der Waals surface area contributed by atoms with Crippen molar-refractivity contribution in [2.45, 2.75) is 43.7 Å². The smallest absolute Gasteiger partial charge is 0.330 e. The number of aliphatic hydroxyl groups is 1. The van der Waals surface area contributed by atoms with Crippen molar-refractivity contribution in [2.24, 2.45) is 24.8 Å². The minimum absolute atomic E-state index is 0.0546. The maximum Gasteiger partial charge on any atom is 0.330 e. The van der Waals surface area contributed by atoms with Gasteiger partial charge in [0.2, 0.25) is 5.28 Å². The lowest BCUT2D eigenvalue weighted by Gasteiger charge is -2.58. The van der Waals surface area contributed by atoms with Crippen LogP contribution >= 0.6 is 11.6 Å². The van der Waals surface area contributed by atoms with Gasteiger partial charge in [-0.2, -0.15) is 4.98 Å². The highest BCUT2D eigenvalue weighted by Crippen LogP contribution is 2.59. The predicted molar refractivity (Wildman–Crippen MR) is 85.3 cm³/mol. The summed E-state index contributed by atoms with van der Waals surface area (Å²) in [6.07, 6.45) is 6.35. The van der Waals surface area contributed by atoms with Crippen LogP contribution in [0.5, 0.6) is 0 Å². The lowest BCUT2D eigenvalue weighted by atomic mass is 9.52. The fourth-order valence-electron chi connectivity index (χ4n) is 5.76. The molecule has 0 spiro atoms. The van der Waals surface area contributed by atoms with Crippen LogP contribution in [0.1, 0.15) is 38.1 Å². The molecule has 2 aromatic heterocycles. The van der Waals surface area contributed by atoms with E-state index < -0.39 is 5.60 Å². The normalized spacial score (nSPS) is 38.6. The molecule has 2 aromatic rings. The molecule has 6 rings (SSSR count). The molecule has 2 unspecified atom stereocenters. The van der Waals surface area contributed by atoms with E-state index in [1.165, 1.54) is 0 Å². The van der Waals surface area contributed by atoms with Gasteiger partial charge in [-0.15, -0.1) is 0 Å². The Balaban J connectivity index is 1.71. The fraction of sp³-hybridized carbons (Fsp3) is 0.688. The largest absolute Gasteiger partial charge is 0.390 e. The maximum atomic E-state index is 12.9. The zero-order valence-electron chi connectivity index (χ0n) is 12.9. The van der Waals surface area contributed by atoms with Gasteiger partial charge in [-0.3, -0.25) is 9.13 Å². The quantitative estimate of drug-likeness (QED) is 0.808. The Morgan fingerprint density at radius 3 is 2.65 bits per heavy atom. The summed E-state index contributed by atoms with van der Waals surface area (Å²) in [7, 11) is 1.75. The number of nitrogens with zero attached hydrogens (tertiary/aromatic N) is 4. The predicted octanol–water partition coefficient (Wildman–Crippen LogP) is 1.90. The molecule has 4 bridgehead atoms. The van der Waals surface area contributed by atoms with Gasteiger partial charge >= 0.3 is 5.69 Å². The van der Waals surface area contributed by atoms with Crippen LogP contribution < -0.4 is 5.69 Å². The van der Waals surface area contributed by atoms with Crippen LogP contribution in [0, 0.1) is 17.8 Å². The van der Waals surface area contributed by atoms with Crippen molar-refractivity contribution in [2.75, 3.05) is 0 Å². The molecule has 2 atom stereocenters. The van der Waals surface area contributed by atoms with Crippen LogP contribution in [0.3, 0.4) is 0 Å². The van der Waals surface area contributed by atoms with Gasteiger partial charge in [-0.05, 0) is 61.5 Å². The summed E-state index contributed by atoms with van der Waals surface area (Å²) in [4.78, 5) is 21.2. The van der Waals surface area contributed by atoms with E-state index in [1.807, 2.05) is 4.57 Å². The Morgan fingerprint density at radius 1 is 1.30 bits per heavy atom. The van der Waals surface area contributed by atoms with E-state index in [0.717, 1.165) is 32.1 Å². The Kier molecular flexibility index (Phi) is 2.65. The molecule has 0 radical (unpaired) electrons. The first kappa shape index (κ1) is 14.0. The fourth-order valence-corrected chi connectivity index (χ4v) is 5.89. The molecule has 4 fully saturated rings. The van der Waals surface area contributed by atoms with E-state index in [-0.39, 0.29) is 17.0 Å². The van der Waals surface area contributed by atoms with Crippen molar-refractivity contribution in [1.29, 1.82) is 0 Å². The average Bonchev–Trinajstić information content (AvgIpc) is 2.70. The molecule has 6 nitrogen and oxygen atoms in total. The van der Waals surface area contributed by atoms with Crippen LogP contribution in [0.15, 0.2) is 11.0 Å². The van der Waals surface area contributed by atoms with E-state index >= 15 is 0 Å². The number of aromatic nitrogens is 4. The molecule has 2 heterocycles. The first-order valence-electron chi connectivity index (χ1n) is 8.27. The van der Waals surface area contributed by atoms with Gasteiger partial charge in [0.1, 0.15) is 5.52 Å². The molecule has 122 valence electrons. The highest BCUT2D eigenvalue weighted by molar-refractivity contribution is 6.28. The van der Waals surface area contributed by atoms with Gasteiger partial charge in [-0.25, -0.2) is 9.78 Å². The minimum atomic E-state index is -0.506. The topological polar surface area (TPSA) is 72.9 Å². The van der Waals surface area contributed by atoms with E-state index in [4.69, 9.17) is 11.6 Å². The monoisotopic (exact) mass is 334 g/mol. The molecule has 0 aliphatic heterocycles. The standard InChI is InChI=1S/C16H19ClN4O2/c1-20-11-7-18-14(17)19-13(11)21(15(20)22)12-9-2-8-3-10(12)6-16(23,4-8)5-9/h7-10,12,23H,2-6H2,1H3. The van der Waals surface area contributed by atoms with Gasteiger partial charge in [0.25, 0.3) is 0 Å².